The number of allylic oxidation sites excluding steroid dienone is 3. The number of hydrogen-bond donors (Lipinski definition) is 1. The van der Waals surface area contributed by atoms with Gasteiger partial charge in [0, 0.05) is 11.3 Å². The first kappa shape index (κ1) is 61.3. The van der Waals surface area contributed by atoms with Crippen molar-refractivity contribution >= 4 is 85.2 Å². The molecule has 0 spiro atoms. The Labute approximate surface area is 515 Å². The molecule has 0 aliphatic carbocycles. The largest absolute Gasteiger partial charge is 1.00 e. The van der Waals surface area contributed by atoms with Crippen LogP contribution in [0.25, 0.3) is 0 Å². The number of rotatable bonds is 17. The maximum Gasteiger partial charge on any atom is 1.00 e. The van der Waals surface area contributed by atoms with Crippen LogP contribution in [0.3, 0.4) is 0 Å². The Morgan fingerprint density at radius 1 is 0.898 bits per heavy atom. The van der Waals surface area contributed by atoms with Crippen LogP contribution in [0.2, 0.25) is 0 Å². The standard InChI is InChI=1S/C29H30N4O18S4.4K/c1-3-24(34)47-26-19(28(36)33(31-26)21-14-16(52-50-48-38)10-13-23(21)55(43,44)45)9-7-5-6-8-18-25(29(37)46-4-2)30-32(27(18)35)20-15-17(54(40,41)42)11-12-22(20)53-51-49-39;;;;/h5-8,10-15,18-19,27,35,38-39H,3-4,9H2,1-2H3,(H,40,41,42)(H,43,44,45);;;;/q;4*+1/p-4. The van der Waals surface area contributed by atoms with Gasteiger partial charge in [-0.15, -0.1) is 5.10 Å². The van der Waals surface area contributed by atoms with E-state index in [4.69, 9.17) is 9.47 Å². The molecule has 298 valence electrons. The fourth-order valence-electron chi connectivity index (χ4n) is 4.84. The van der Waals surface area contributed by atoms with Crippen molar-refractivity contribution in [3.63, 3.8) is 0 Å². The molecule has 2 heterocycles. The Bertz CT molecular complexity index is 2150. The number of esters is 2. The predicted octanol–water partition coefficient (Wildman–Crippen LogP) is -11.9. The second kappa shape index (κ2) is 29.1. The number of aliphatic hydroxyl groups is 1. The average Bonchev–Trinajstić information content (AvgIpc) is 3.63. The molecule has 59 heavy (non-hydrogen) atoms. The van der Waals surface area contributed by atoms with Gasteiger partial charge in [0.2, 0.25) is 5.90 Å². The first-order valence-electron chi connectivity index (χ1n) is 15.2. The van der Waals surface area contributed by atoms with Gasteiger partial charge in [0.05, 0.1) is 62.7 Å². The van der Waals surface area contributed by atoms with Crippen LogP contribution >= 0.6 is 24.1 Å². The molecule has 0 fully saturated rings. The van der Waals surface area contributed by atoms with Gasteiger partial charge in [-0.3, -0.25) is 19.7 Å². The second-order valence-corrected chi connectivity index (χ2v) is 14.9. The van der Waals surface area contributed by atoms with Gasteiger partial charge in [0.25, 0.3) is 5.91 Å². The van der Waals surface area contributed by atoms with Gasteiger partial charge >= 0.3 is 217 Å². The van der Waals surface area contributed by atoms with E-state index in [2.05, 4.69) is 28.9 Å². The van der Waals surface area contributed by atoms with E-state index in [1.807, 2.05) is 0 Å². The summed E-state index contributed by atoms with van der Waals surface area (Å²) in [7, 11) is -10.2. The van der Waals surface area contributed by atoms with Crippen LogP contribution in [0.15, 0.2) is 90.5 Å². The molecule has 2 aliphatic rings. The summed E-state index contributed by atoms with van der Waals surface area (Å²) < 4.78 is 90.1. The smallest absolute Gasteiger partial charge is 0.744 e. The molecule has 30 heteroatoms. The minimum absolute atomic E-state index is 0. The molecule has 2 aromatic rings. The van der Waals surface area contributed by atoms with Crippen molar-refractivity contribution in [3.05, 3.63) is 60.7 Å². The zero-order valence-electron chi connectivity index (χ0n) is 31.9. The van der Waals surface area contributed by atoms with Gasteiger partial charge < -0.3 is 34.2 Å². The first-order chi connectivity index (χ1) is 26.0. The minimum Gasteiger partial charge on any atom is -0.744 e. The van der Waals surface area contributed by atoms with Crippen molar-refractivity contribution in [1.82, 2.24) is 0 Å². The van der Waals surface area contributed by atoms with E-state index in [9.17, 15) is 55.9 Å². The number of nitrogens with zero attached hydrogens (tertiary/aromatic N) is 4. The monoisotopic (exact) mass is 1000 g/mol. The number of carbonyl (C=O) groups excluding carboxylic acids is 3. The van der Waals surface area contributed by atoms with E-state index in [0.29, 0.717) is 17.1 Å². The van der Waals surface area contributed by atoms with Crippen LogP contribution in [0, 0.1) is 11.8 Å². The average molecular weight is 1000 g/mol. The first-order valence-corrected chi connectivity index (χ1v) is 19.5. The molecule has 22 nitrogen and oxygen atoms in total. The van der Waals surface area contributed by atoms with E-state index >= 15 is 0 Å². The van der Waals surface area contributed by atoms with Crippen LogP contribution in [-0.2, 0) is 62.8 Å². The number of benzene rings is 2. The van der Waals surface area contributed by atoms with Gasteiger partial charge in [-0.25, -0.2) is 26.6 Å². The molecule has 3 atom stereocenters. The van der Waals surface area contributed by atoms with E-state index < -0.39 is 77.5 Å². The minimum atomic E-state index is -5.20. The van der Waals surface area contributed by atoms with Crippen molar-refractivity contribution in [3.8, 4) is 0 Å². The maximum atomic E-state index is 13.6. The molecule has 0 radical (unpaired) electrons. The number of amides is 1. The Hall–Kier alpha value is 2.26. The molecular formula is C29H26K4N4O18S4. The van der Waals surface area contributed by atoms with Crippen LogP contribution < -0.4 is 226 Å². The maximum absolute atomic E-state index is 13.6. The molecule has 1 N–H and O–H groups in total. The Kier molecular flexibility index (Phi) is 30.2. The van der Waals surface area contributed by atoms with Crippen molar-refractivity contribution in [2.45, 2.75) is 52.5 Å². The predicted molar refractivity (Wildman–Crippen MR) is 179 cm³/mol. The van der Waals surface area contributed by atoms with Crippen LogP contribution in [0.5, 0.6) is 0 Å². The summed E-state index contributed by atoms with van der Waals surface area (Å²) in [5, 5.41) is 48.0. The molecule has 3 unspecified atom stereocenters. The van der Waals surface area contributed by atoms with Gasteiger partial charge in [-0.1, -0.05) is 31.2 Å². The number of anilines is 2. The fraction of sp³-hybridized carbons (Fsp3) is 0.276. The van der Waals surface area contributed by atoms with E-state index in [0.717, 1.165) is 41.4 Å². The topological polar surface area (TPSA) is 319 Å². The number of aliphatic hydroxyl groups excluding tert-OH is 1. The van der Waals surface area contributed by atoms with Crippen LogP contribution in [0.4, 0.5) is 11.4 Å². The molecular weight excluding hydrogens is 977 g/mol. The number of carbonyl (C=O) groups is 3. The summed E-state index contributed by atoms with van der Waals surface area (Å²) >= 11 is 0.611. The molecule has 4 rings (SSSR count). The summed E-state index contributed by atoms with van der Waals surface area (Å²) in [5.41, 5.74) is -1.19. The Balaban J connectivity index is 0.00000841. The zero-order valence-corrected chi connectivity index (χ0v) is 47.7. The van der Waals surface area contributed by atoms with Crippen LogP contribution in [0.1, 0.15) is 26.7 Å². The summed E-state index contributed by atoms with van der Waals surface area (Å²) in [5.74, 6) is -5.77. The zero-order chi connectivity index (χ0) is 40.5. The second-order valence-electron chi connectivity index (χ2n) is 10.6. The number of hydrazone groups is 2. The van der Waals surface area contributed by atoms with Crippen molar-refractivity contribution < 1.29 is 290 Å². The van der Waals surface area contributed by atoms with Gasteiger partial charge in [0.15, 0.2) is 11.9 Å². The molecule has 0 bridgehead atoms. The van der Waals surface area contributed by atoms with Crippen molar-refractivity contribution in [1.29, 1.82) is 0 Å². The summed E-state index contributed by atoms with van der Waals surface area (Å²) in [6.07, 6.45) is 3.21. The number of hydrogen-bond acceptors (Lipinski definition) is 23. The third-order valence-corrected chi connectivity index (χ3v) is 10.2. The number of ether oxygens (including phenoxy) is 2. The molecule has 1 amide bonds. The summed E-state index contributed by atoms with van der Waals surface area (Å²) in [6.45, 7) is 2.86. The Morgan fingerprint density at radius 3 is 2.15 bits per heavy atom. The van der Waals surface area contributed by atoms with Crippen molar-refractivity contribution in [2.75, 3.05) is 16.6 Å². The van der Waals surface area contributed by atoms with Crippen molar-refractivity contribution in [2.24, 2.45) is 22.0 Å². The molecule has 0 aromatic heterocycles. The Morgan fingerprint density at radius 2 is 1.56 bits per heavy atom. The summed E-state index contributed by atoms with van der Waals surface area (Å²) in [4.78, 5) is 37.0. The van der Waals surface area contributed by atoms with Gasteiger partial charge in [0.1, 0.15) is 26.2 Å². The van der Waals surface area contributed by atoms with E-state index in [1.165, 1.54) is 38.2 Å². The third kappa shape index (κ3) is 17.1. The van der Waals surface area contributed by atoms with Gasteiger partial charge in [-0.05, 0) is 49.7 Å². The molecule has 0 saturated carbocycles. The summed E-state index contributed by atoms with van der Waals surface area (Å²) in [6, 6.07) is 5.73. The van der Waals surface area contributed by atoms with Gasteiger partial charge in [-0.2, -0.15) is 18.8 Å². The fourth-order valence-corrected chi connectivity index (χ4v) is 6.82. The van der Waals surface area contributed by atoms with Crippen LogP contribution in [-0.4, -0.2) is 73.3 Å². The SMILES string of the molecule is CCOC(=O)C1=NN(c2cc(S(=O)(=O)[O-])ccc2SOO[O-])C(O)C1C=CC=CCC1C(=O)N(c2cc(SOO[O-])ccc2S(=O)(=O)[O-])N=C1OC(=O)CC.[K+].[K+].[K+].[K+]. The van der Waals surface area contributed by atoms with E-state index in [1.54, 1.807) is 0 Å². The normalized spacial score (nSPS) is 17.7. The van der Waals surface area contributed by atoms with E-state index in [-0.39, 0.29) is 258 Å². The molecule has 2 aromatic carbocycles. The molecule has 0 saturated heterocycles. The quantitative estimate of drug-likeness (QED) is 0.0293. The third-order valence-electron chi connectivity index (χ3n) is 7.24. The molecule has 2 aliphatic heterocycles.